The number of carbonyl (C=O) groups is 3. The minimum Gasteiger partial charge on any atom is -0.467 e. The summed E-state index contributed by atoms with van der Waals surface area (Å²) in [5, 5.41) is 2.26. The second-order valence-corrected chi connectivity index (χ2v) is 4.30. The lowest BCUT2D eigenvalue weighted by molar-refractivity contribution is -0.139. The van der Waals surface area contributed by atoms with E-state index in [2.05, 4.69) is 5.32 Å². The smallest absolute Gasteiger partial charge is 0.327 e. The molecule has 0 unspecified atom stereocenters. The number of amides is 3. The maximum absolute atomic E-state index is 13.0. The molecule has 0 saturated heterocycles. The molecule has 9 heteroatoms. The van der Waals surface area contributed by atoms with E-state index < -0.39 is 29.4 Å². The number of halogens is 2. The fraction of sp³-hybridized carbons (Fsp3) is 0.0714. The predicted octanol–water partition coefficient (Wildman–Crippen LogP) is 0.635. The standard InChI is InChI=1S/C14H11F2N3O4/c15-10-4-3-8(6-11(10)16)12(20)18-19-14(22)13(21)17-7-9-2-1-5-23-9/h1-6H,7H2,(H,17,21)(H,18,20)(H,19,22). The molecule has 1 heterocycles. The quantitative estimate of drug-likeness (QED) is 0.570. The van der Waals surface area contributed by atoms with Crippen LogP contribution in [0.4, 0.5) is 8.78 Å². The van der Waals surface area contributed by atoms with E-state index in [-0.39, 0.29) is 12.1 Å². The van der Waals surface area contributed by atoms with E-state index in [1.54, 1.807) is 12.1 Å². The summed E-state index contributed by atoms with van der Waals surface area (Å²) in [7, 11) is 0. The predicted molar refractivity (Wildman–Crippen MR) is 72.5 cm³/mol. The number of hydrogen-bond donors (Lipinski definition) is 3. The van der Waals surface area contributed by atoms with Gasteiger partial charge in [-0.25, -0.2) is 8.78 Å². The highest BCUT2D eigenvalue weighted by Gasteiger charge is 2.15. The molecule has 2 rings (SSSR count). The molecule has 7 nitrogen and oxygen atoms in total. The number of benzene rings is 1. The summed E-state index contributed by atoms with van der Waals surface area (Å²) in [6, 6.07) is 5.67. The zero-order chi connectivity index (χ0) is 16.8. The molecule has 0 aliphatic heterocycles. The third kappa shape index (κ3) is 4.37. The molecule has 0 bridgehead atoms. The summed E-state index contributed by atoms with van der Waals surface area (Å²) >= 11 is 0. The Balaban J connectivity index is 1.81. The van der Waals surface area contributed by atoms with Gasteiger partial charge in [0.15, 0.2) is 11.6 Å². The first kappa shape index (κ1) is 16.1. The Morgan fingerprint density at radius 1 is 1.00 bits per heavy atom. The van der Waals surface area contributed by atoms with Crippen LogP contribution in [0.3, 0.4) is 0 Å². The van der Waals surface area contributed by atoms with Crippen LogP contribution in [0.15, 0.2) is 41.0 Å². The van der Waals surface area contributed by atoms with E-state index in [1.807, 2.05) is 10.9 Å². The van der Waals surface area contributed by atoms with Crippen LogP contribution in [-0.2, 0) is 16.1 Å². The van der Waals surface area contributed by atoms with Crippen LogP contribution in [-0.4, -0.2) is 17.7 Å². The summed E-state index contributed by atoms with van der Waals surface area (Å²) in [5.41, 5.74) is 3.53. The molecule has 0 fully saturated rings. The van der Waals surface area contributed by atoms with Gasteiger partial charge in [-0.1, -0.05) is 0 Å². The van der Waals surface area contributed by atoms with Gasteiger partial charge in [-0.15, -0.1) is 0 Å². The van der Waals surface area contributed by atoms with Crippen molar-refractivity contribution in [2.45, 2.75) is 6.54 Å². The van der Waals surface area contributed by atoms with Crippen molar-refractivity contribution in [3.63, 3.8) is 0 Å². The van der Waals surface area contributed by atoms with E-state index in [0.717, 1.165) is 12.1 Å². The van der Waals surface area contributed by atoms with Gasteiger partial charge >= 0.3 is 11.8 Å². The van der Waals surface area contributed by atoms with Crippen LogP contribution in [0.1, 0.15) is 16.1 Å². The Kier molecular flexibility index (Phi) is 5.03. The number of hydrazine groups is 1. The largest absolute Gasteiger partial charge is 0.467 e. The zero-order valence-electron chi connectivity index (χ0n) is 11.6. The number of hydrogen-bond acceptors (Lipinski definition) is 4. The number of carbonyl (C=O) groups excluding carboxylic acids is 3. The van der Waals surface area contributed by atoms with Crippen molar-refractivity contribution in [2.75, 3.05) is 0 Å². The van der Waals surface area contributed by atoms with Gasteiger partial charge in [0, 0.05) is 5.56 Å². The molecule has 0 saturated carbocycles. The van der Waals surface area contributed by atoms with Crippen molar-refractivity contribution in [1.82, 2.24) is 16.2 Å². The molecule has 1 aromatic heterocycles. The Morgan fingerprint density at radius 3 is 2.43 bits per heavy atom. The fourth-order valence-corrected chi connectivity index (χ4v) is 1.54. The Morgan fingerprint density at radius 2 is 1.78 bits per heavy atom. The zero-order valence-corrected chi connectivity index (χ0v) is 11.6. The first-order chi connectivity index (χ1) is 11.0. The molecule has 0 spiro atoms. The van der Waals surface area contributed by atoms with Gasteiger partial charge in [0.1, 0.15) is 5.76 Å². The fourth-order valence-electron chi connectivity index (χ4n) is 1.54. The van der Waals surface area contributed by atoms with Crippen molar-refractivity contribution in [2.24, 2.45) is 0 Å². The maximum atomic E-state index is 13.0. The van der Waals surface area contributed by atoms with Crippen LogP contribution in [0.2, 0.25) is 0 Å². The van der Waals surface area contributed by atoms with E-state index in [9.17, 15) is 23.2 Å². The van der Waals surface area contributed by atoms with E-state index in [0.29, 0.717) is 11.8 Å². The van der Waals surface area contributed by atoms with Gasteiger partial charge in [0.2, 0.25) is 0 Å². The second kappa shape index (κ2) is 7.16. The first-order valence-electron chi connectivity index (χ1n) is 6.33. The highest BCUT2D eigenvalue weighted by atomic mass is 19.2. The molecule has 0 aliphatic carbocycles. The molecule has 120 valence electrons. The van der Waals surface area contributed by atoms with Crippen molar-refractivity contribution in [3.05, 3.63) is 59.6 Å². The van der Waals surface area contributed by atoms with E-state index >= 15 is 0 Å². The molecule has 2 aromatic rings. The van der Waals surface area contributed by atoms with Gasteiger partial charge in [0.25, 0.3) is 5.91 Å². The molecule has 23 heavy (non-hydrogen) atoms. The normalized spacial score (nSPS) is 10.0. The molecule has 0 atom stereocenters. The van der Waals surface area contributed by atoms with Crippen molar-refractivity contribution >= 4 is 17.7 Å². The minimum atomic E-state index is -1.21. The number of rotatable bonds is 3. The Bertz CT molecular complexity index is 732. The summed E-state index contributed by atoms with van der Waals surface area (Å²) < 4.78 is 30.7. The van der Waals surface area contributed by atoms with Gasteiger partial charge < -0.3 is 9.73 Å². The van der Waals surface area contributed by atoms with Gasteiger partial charge in [-0.05, 0) is 30.3 Å². The van der Waals surface area contributed by atoms with Crippen LogP contribution in [0.5, 0.6) is 0 Å². The van der Waals surface area contributed by atoms with Crippen molar-refractivity contribution in [1.29, 1.82) is 0 Å². The molecule has 0 aliphatic rings. The third-order valence-electron chi connectivity index (χ3n) is 2.68. The number of furan rings is 1. The molecule has 3 N–H and O–H groups in total. The van der Waals surface area contributed by atoms with E-state index in [4.69, 9.17) is 4.42 Å². The van der Waals surface area contributed by atoms with Gasteiger partial charge in [0.05, 0.1) is 12.8 Å². The van der Waals surface area contributed by atoms with Gasteiger partial charge in [-0.3, -0.25) is 25.2 Å². The lowest BCUT2D eigenvalue weighted by Crippen LogP contribution is -2.48. The topological polar surface area (TPSA) is 100 Å². The average molecular weight is 323 g/mol. The SMILES string of the molecule is O=C(NCc1ccco1)C(=O)NNC(=O)c1ccc(F)c(F)c1. The highest BCUT2D eigenvalue weighted by Crippen LogP contribution is 2.08. The second-order valence-electron chi connectivity index (χ2n) is 4.30. The lowest BCUT2D eigenvalue weighted by atomic mass is 10.2. The Hall–Kier alpha value is -3.23. The number of nitrogens with one attached hydrogen (secondary N) is 3. The lowest BCUT2D eigenvalue weighted by Gasteiger charge is -2.07. The first-order valence-corrected chi connectivity index (χ1v) is 6.33. The molecule has 1 aromatic carbocycles. The molecular formula is C14H11F2N3O4. The third-order valence-corrected chi connectivity index (χ3v) is 2.68. The molecular weight excluding hydrogens is 312 g/mol. The van der Waals surface area contributed by atoms with Crippen molar-refractivity contribution in [3.8, 4) is 0 Å². The van der Waals surface area contributed by atoms with Crippen LogP contribution >= 0.6 is 0 Å². The summed E-state index contributed by atoms with van der Waals surface area (Å²) in [5.74, 6) is -4.92. The van der Waals surface area contributed by atoms with Crippen LogP contribution in [0.25, 0.3) is 0 Å². The highest BCUT2D eigenvalue weighted by molar-refractivity contribution is 6.35. The average Bonchev–Trinajstić information content (AvgIpc) is 3.05. The summed E-state index contributed by atoms with van der Waals surface area (Å²) in [6.07, 6.45) is 1.41. The maximum Gasteiger partial charge on any atom is 0.327 e. The van der Waals surface area contributed by atoms with E-state index in [1.165, 1.54) is 6.26 Å². The monoisotopic (exact) mass is 323 g/mol. The minimum absolute atomic E-state index is 0.00360. The molecule has 3 amide bonds. The Labute approximate surface area is 128 Å². The van der Waals surface area contributed by atoms with Gasteiger partial charge in [-0.2, -0.15) is 0 Å². The summed E-state index contributed by atoms with van der Waals surface area (Å²) in [6.45, 7) is -0.00360. The van der Waals surface area contributed by atoms with Crippen molar-refractivity contribution < 1.29 is 27.6 Å². The summed E-state index contributed by atoms with van der Waals surface area (Å²) in [4.78, 5) is 34.5. The van der Waals surface area contributed by atoms with Crippen LogP contribution in [0, 0.1) is 11.6 Å². The van der Waals surface area contributed by atoms with Crippen LogP contribution < -0.4 is 16.2 Å². The molecule has 0 radical (unpaired) electrons.